The van der Waals surface area contributed by atoms with Gasteiger partial charge in [-0.2, -0.15) is 0 Å². The highest BCUT2D eigenvalue weighted by molar-refractivity contribution is 7.07. The van der Waals surface area contributed by atoms with Crippen LogP contribution in [0, 0.1) is 0 Å². The second-order valence-corrected chi connectivity index (χ2v) is 4.68. The summed E-state index contributed by atoms with van der Waals surface area (Å²) in [6.45, 7) is 1.05. The molecular formula is C9H13FN2O2S. The van der Waals surface area contributed by atoms with Crippen LogP contribution in [-0.2, 0) is 0 Å². The molecule has 84 valence electrons. The van der Waals surface area contributed by atoms with Crippen molar-refractivity contribution in [2.75, 3.05) is 20.1 Å². The Morgan fingerprint density at radius 2 is 2.40 bits per heavy atom. The number of aromatic hydroxyl groups is 1. The molecule has 0 amide bonds. The van der Waals surface area contributed by atoms with Gasteiger partial charge in [0.25, 0.3) is 0 Å². The lowest BCUT2D eigenvalue weighted by atomic mass is 10.0. The van der Waals surface area contributed by atoms with E-state index in [-0.39, 0.29) is 10.8 Å². The van der Waals surface area contributed by atoms with Crippen LogP contribution in [0.4, 0.5) is 4.39 Å². The predicted octanol–water partition coefficient (Wildman–Crippen LogP) is 0.830. The number of likely N-dealkylation sites (tertiary alicyclic amines) is 1. The number of hydrogen-bond acceptors (Lipinski definition) is 4. The van der Waals surface area contributed by atoms with Gasteiger partial charge in [0.15, 0.2) is 0 Å². The third kappa shape index (κ3) is 1.91. The minimum atomic E-state index is -1.10. The van der Waals surface area contributed by atoms with E-state index in [4.69, 9.17) is 0 Å². The topological polar surface area (TPSA) is 45.5 Å². The van der Waals surface area contributed by atoms with E-state index in [9.17, 15) is 14.3 Å². The second-order valence-electron chi connectivity index (χ2n) is 3.86. The molecule has 2 atom stereocenters. The summed E-state index contributed by atoms with van der Waals surface area (Å²) in [6.07, 6.45) is -0.538. The maximum absolute atomic E-state index is 13.7. The van der Waals surface area contributed by atoms with Gasteiger partial charge in [-0.15, -0.1) is 0 Å². The largest absolute Gasteiger partial charge is 0.494 e. The van der Waals surface area contributed by atoms with E-state index in [1.165, 1.54) is 9.95 Å². The first-order valence-corrected chi connectivity index (χ1v) is 5.69. The molecule has 1 N–H and O–H groups in total. The lowest BCUT2D eigenvalue weighted by molar-refractivity contribution is 0.101. The smallest absolute Gasteiger partial charge is 0.310 e. The summed E-state index contributed by atoms with van der Waals surface area (Å²) >= 11 is 0.905. The van der Waals surface area contributed by atoms with Crippen LogP contribution >= 0.6 is 11.3 Å². The van der Waals surface area contributed by atoms with E-state index in [1.807, 2.05) is 11.9 Å². The molecule has 2 heterocycles. The van der Waals surface area contributed by atoms with Crippen molar-refractivity contribution in [2.45, 2.75) is 18.6 Å². The second kappa shape index (κ2) is 3.94. The van der Waals surface area contributed by atoms with E-state index < -0.39 is 12.2 Å². The van der Waals surface area contributed by atoms with Gasteiger partial charge < -0.3 is 10.0 Å². The Bertz CT molecular complexity index is 403. The van der Waals surface area contributed by atoms with Gasteiger partial charge in [0.1, 0.15) is 6.17 Å². The third-order valence-corrected chi connectivity index (χ3v) is 3.48. The number of halogens is 1. The molecule has 0 radical (unpaired) electrons. The van der Waals surface area contributed by atoms with Crippen molar-refractivity contribution in [2.24, 2.45) is 0 Å². The predicted molar refractivity (Wildman–Crippen MR) is 56.3 cm³/mol. The van der Waals surface area contributed by atoms with Crippen molar-refractivity contribution in [3.05, 3.63) is 15.0 Å². The number of nitrogens with zero attached hydrogens (tertiary/aromatic N) is 2. The first-order valence-electron chi connectivity index (χ1n) is 4.81. The van der Waals surface area contributed by atoms with Crippen LogP contribution < -0.4 is 4.87 Å². The Kier molecular flexibility index (Phi) is 2.79. The fraction of sp³-hybridized carbons (Fsp3) is 0.667. The van der Waals surface area contributed by atoms with E-state index in [1.54, 1.807) is 0 Å². The van der Waals surface area contributed by atoms with Gasteiger partial charge in [-0.05, 0) is 13.5 Å². The Balaban J connectivity index is 2.28. The molecule has 1 saturated heterocycles. The molecule has 4 nitrogen and oxygen atoms in total. The van der Waals surface area contributed by atoms with Crippen molar-refractivity contribution in [1.82, 2.24) is 9.47 Å². The molecule has 1 aromatic heterocycles. The van der Waals surface area contributed by atoms with E-state index in [0.717, 1.165) is 17.9 Å². The van der Waals surface area contributed by atoms with Crippen molar-refractivity contribution in [1.29, 1.82) is 0 Å². The summed E-state index contributed by atoms with van der Waals surface area (Å²) in [5.41, 5.74) is 0. The molecule has 1 aliphatic heterocycles. The molecule has 0 unspecified atom stereocenters. The quantitative estimate of drug-likeness (QED) is 0.780. The Hall–Kier alpha value is -0.880. The SMILES string of the molecule is CN1CC[C@@H](n2c(O)csc2=O)[C@H](F)C1. The Morgan fingerprint density at radius 1 is 1.67 bits per heavy atom. The molecule has 2 rings (SSSR count). The van der Waals surface area contributed by atoms with E-state index in [2.05, 4.69) is 0 Å². The van der Waals surface area contributed by atoms with E-state index in [0.29, 0.717) is 13.0 Å². The molecule has 1 aromatic rings. The van der Waals surface area contributed by atoms with Crippen LogP contribution in [0.1, 0.15) is 12.5 Å². The van der Waals surface area contributed by atoms with Crippen LogP contribution in [0.3, 0.4) is 0 Å². The molecule has 1 fully saturated rings. The molecule has 15 heavy (non-hydrogen) atoms. The summed E-state index contributed by atoms with van der Waals surface area (Å²) in [7, 11) is 1.85. The number of aromatic nitrogens is 1. The normalized spacial score (nSPS) is 28.1. The minimum absolute atomic E-state index is 0.123. The summed E-state index contributed by atoms with van der Waals surface area (Å²) in [6, 6.07) is -0.514. The van der Waals surface area contributed by atoms with Gasteiger partial charge in [0, 0.05) is 13.1 Å². The van der Waals surface area contributed by atoms with Gasteiger partial charge in [-0.3, -0.25) is 9.36 Å². The van der Waals surface area contributed by atoms with Gasteiger partial charge in [0.2, 0.25) is 5.88 Å². The summed E-state index contributed by atoms with van der Waals surface area (Å²) in [5, 5.41) is 10.8. The number of alkyl halides is 1. The molecule has 0 aliphatic carbocycles. The Morgan fingerprint density at radius 3 is 2.93 bits per heavy atom. The zero-order chi connectivity index (χ0) is 11.0. The first-order chi connectivity index (χ1) is 7.09. The molecule has 0 saturated carbocycles. The molecule has 0 aromatic carbocycles. The fourth-order valence-corrected chi connectivity index (χ4v) is 2.61. The molecule has 1 aliphatic rings. The average Bonchev–Trinajstić information content (AvgIpc) is 2.48. The van der Waals surface area contributed by atoms with Gasteiger partial charge in [-0.25, -0.2) is 4.39 Å². The molecule has 0 bridgehead atoms. The van der Waals surface area contributed by atoms with Crippen LogP contribution in [0.25, 0.3) is 0 Å². The van der Waals surface area contributed by atoms with Gasteiger partial charge in [0.05, 0.1) is 11.4 Å². The monoisotopic (exact) mass is 232 g/mol. The highest BCUT2D eigenvalue weighted by Crippen LogP contribution is 2.27. The standard InChI is InChI=1S/C9H13FN2O2S/c1-11-3-2-7(6(10)4-11)12-8(13)5-15-9(12)14/h5-7,13H,2-4H2,1H3/t6-,7-/m1/s1. The van der Waals surface area contributed by atoms with Crippen LogP contribution in [0.2, 0.25) is 0 Å². The van der Waals surface area contributed by atoms with Crippen LogP contribution in [0.15, 0.2) is 10.2 Å². The zero-order valence-electron chi connectivity index (χ0n) is 8.39. The maximum atomic E-state index is 13.7. The molecule has 0 spiro atoms. The number of rotatable bonds is 1. The summed E-state index contributed by atoms with van der Waals surface area (Å²) < 4.78 is 14.9. The summed E-state index contributed by atoms with van der Waals surface area (Å²) in [4.78, 5) is 13.0. The average molecular weight is 232 g/mol. The minimum Gasteiger partial charge on any atom is -0.494 e. The lowest BCUT2D eigenvalue weighted by Crippen LogP contribution is -2.42. The van der Waals surface area contributed by atoms with Crippen molar-refractivity contribution >= 4 is 11.3 Å². The zero-order valence-corrected chi connectivity index (χ0v) is 9.21. The summed E-state index contributed by atoms with van der Waals surface area (Å²) in [5.74, 6) is -0.123. The first kappa shape index (κ1) is 10.6. The van der Waals surface area contributed by atoms with Crippen LogP contribution in [0.5, 0.6) is 5.88 Å². The van der Waals surface area contributed by atoms with Crippen molar-refractivity contribution in [3.8, 4) is 5.88 Å². The highest BCUT2D eigenvalue weighted by Gasteiger charge is 2.31. The fourth-order valence-electron chi connectivity index (χ4n) is 1.95. The van der Waals surface area contributed by atoms with Crippen molar-refractivity contribution < 1.29 is 9.50 Å². The lowest BCUT2D eigenvalue weighted by Gasteiger charge is -2.32. The van der Waals surface area contributed by atoms with Crippen molar-refractivity contribution in [3.63, 3.8) is 0 Å². The number of thiazole rings is 1. The van der Waals surface area contributed by atoms with E-state index >= 15 is 0 Å². The number of piperidine rings is 1. The van der Waals surface area contributed by atoms with Crippen LogP contribution in [-0.4, -0.2) is 40.9 Å². The molecular weight excluding hydrogens is 219 g/mol. The number of hydrogen-bond donors (Lipinski definition) is 1. The van der Waals surface area contributed by atoms with Gasteiger partial charge in [-0.1, -0.05) is 11.3 Å². The molecule has 6 heteroatoms. The van der Waals surface area contributed by atoms with Gasteiger partial charge >= 0.3 is 4.87 Å². The Labute approximate surface area is 90.6 Å². The maximum Gasteiger partial charge on any atom is 0.310 e. The third-order valence-electron chi connectivity index (χ3n) is 2.75. The highest BCUT2D eigenvalue weighted by atomic mass is 32.1.